The molecule has 0 bridgehead atoms. The van der Waals surface area contributed by atoms with Crippen LogP contribution in [0, 0.1) is 0 Å². The van der Waals surface area contributed by atoms with Gasteiger partial charge in [0.15, 0.2) is 0 Å². The van der Waals surface area contributed by atoms with E-state index >= 15 is 0 Å². The molecule has 4 heteroatoms. The number of fused-ring (bicyclic) bond motifs is 16. The van der Waals surface area contributed by atoms with Crippen LogP contribution in [-0.2, 0) is 10.8 Å². The number of para-hydroxylation sites is 2. The summed E-state index contributed by atoms with van der Waals surface area (Å²) in [5.41, 5.74) is 24.1. The molecule has 0 saturated heterocycles. The van der Waals surface area contributed by atoms with Gasteiger partial charge in [-0.1, -0.05) is 172 Å². The largest absolute Gasteiger partial charge is 0.311 e. The van der Waals surface area contributed by atoms with Crippen molar-refractivity contribution >= 4 is 78.0 Å². The molecule has 0 atom stereocenters. The third kappa shape index (κ3) is 4.95. The van der Waals surface area contributed by atoms with Crippen LogP contribution in [0.25, 0.3) is 43.5 Å². The van der Waals surface area contributed by atoms with Gasteiger partial charge in [0.2, 0.25) is 0 Å². The maximum Gasteiger partial charge on any atom is 0.264 e. The van der Waals surface area contributed by atoms with Crippen LogP contribution in [0.15, 0.2) is 206 Å². The number of hydrogen-bond acceptors (Lipinski definition) is 3. The zero-order valence-corrected chi connectivity index (χ0v) is 37.3. The fourth-order valence-corrected chi connectivity index (χ4v) is 13.3. The zero-order valence-electron chi connectivity index (χ0n) is 36.5. The van der Waals surface area contributed by atoms with Crippen molar-refractivity contribution in [3.8, 4) is 33.4 Å². The molecule has 0 amide bonds. The van der Waals surface area contributed by atoms with E-state index in [0.717, 1.165) is 5.69 Å². The van der Waals surface area contributed by atoms with Crippen LogP contribution in [-0.4, -0.2) is 6.71 Å². The first-order valence-electron chi connectivity index (χ1n) is 22.9. The van der Waals surface area contributed by atoms with E-state index < -0.39 is 5.41 Å². The highest BCUT2D eigenvalue weighted by molar-refractivity contribution is 7.33. The summed E-state index contributed by atoms with van der Waals surface area (Å²) in [5, 5.41) is 1.31. The molecule has 0 fully saturated rings. The molecule has 306 valence electrons. The monoisotopic (exact) mass is 846 g/mol. The summed E-state index contributed by atoms with van der Waals surface area (Å²) in [5.74, 6) is 0. The Morgan fingerprint density at radius 3 is 1.57 bits per heavy atom. The van der Waals surface area contributed by atoms with E-state index in [0.29, 0.717) is 0 Å². The minimum atomic E-state index is -0.407. The lowest BCUT2D eigenvalue weighted by Crippen LogP contribution is -2.60. The van der Waals surface area contributed by atoms with Crippen molar-refractivity contribution in [1.82, 2.24) is 0 Å². The molecule has 9 aromatic carbocycles. The van der Waals surface area contributed by atoms with Gasteiger partial charge in [-0.15, -0.1) is 11.3 Å². The fourth-order valence-electron chi connectivity index (χ4n) is 12.0. The number of hydrogen-bond donors (Lipinski definition) is 0. The summed E-state index contributed by atoms with van der Waals surface area (Å²) in [6.07, 6.45) is 0. The summed E-state index contributed by atoms with van der Waals surface area (Å²) in [4.78, 5) is 5.17. The van der Waals surface area contributed by atoms with Crippen molar-refractivity contribution in [2.45, 2.75) is 31.6 Å². The van der Waals surface area contributed by atoms with Crippen LogP contribution in [0.2, 0.25) is 0 Å². The van der Waals surface area contributed by atoms with Crippen LogP contribution in [0.5, 0.6) is 0 Å². The topological polar surface area (TPSA) is 6.48 Å². The molecule has 1 spiro atoms. The number of anilines is 6. The van der Waals surface area contributed by atoms with Gasteiger partial charge >= 0.3 is 0 Å². The standard InChI is InChI=1S/C61H43BN2S/c1-60(2,3)40-34-54-57-55(35-40)64(42-23-11-6-12-24-42)58-47-36-46-45-27-15-18-30-50(45)61(48-28-16-13-25-43(48)44-26-14-17-29-49(44)61)51(46)37-56(47)65-59(58)62(57)52-32-31-39(38-19-7-4-8-20-38)33-53(52)63(54)41-21-9-5-10-22-41/h4-37H,1-3H3. The first-order chi connectivity index (χ1) is 31.9. The zero-order chi connectivity index (χ0) is 43.2. The van der Waals surface area contributed by atoms with Crippen molar-refractivity contribution in [1.29, 1.82) is 0 Å². The molecule has 0 N–H and O–H groups in total. The molecule has 2 nitrogen and oxygen atoms in total. The normalized spacial score (nSPS) is 14.4. The molecular formula is C61H43BN2S. The molecule has 4 aliphatic rings. The predicted molar refractivity (Wildman–Crippen MR) is 276 cm³/mol. The highest BCUT2D eigenvalue weighted by atomic mass is 32.1. The van der Waals surface area contributed by atoms with Gasteiger partial charge in [0.25, 0.3) is 6.71 Å². The van der Waals surface area contributed by atoms with Crippen LogP contribution >= 0.6 is 11.3 Å². The van der Waals surface area contributed by atoms with Gasteiger partial charge < -0.3 is 9.80 Å². The molecule has 0 unspecified atom stereocenters. The number of benzene rings is 9. The quantitative estimate of drug-likeness (QED) is 0.163. The van der Waals surface area contributed by atoms with Crippen LogP contribution in [0.1, 0.15) is 48.6 Å². The molecule has 14 rings (SSSR count). The van der Waals surface area contributed by atoms with Gasteiger partial charge in [0.1, 0.15) is 0 Å². The maximum atomic E-state index is 2.62. The summed E-state index contributed by atoms with van der Waals surface area (Å²) in [6.45, 7) is 7.08. The lowest BCUT2D eigenvalue weighted by atomic mass is 9.36. The van der Waals surface area contributed by atoms with Crippen molar-refractivity contribution in [2.24, 2.45) is 0 Å². The highest BCUT2D eigenvalue weighted by Gasteiger charge is 2.53. The number of thiophene rings is 1. The molecule has 0 radical (unpaired) electrons. The van der Waals surface area contributed by atoms with E-state index in [1.54, 1.807) is 0 Å². The molecule has 1 aromatic heterocycles. The van der Waals surface area contributed by atoms with E-state index in [4.69, 9.17) is 0 Å². The molecule has 0 saturated carbocycles. The third-order valence-corrected chi connectivity index (χ3v) is 16.0. The third-order valence-electron chi connectivity index (χ3n) is 14.8. The molecule has 2 aliphatic heterocycles. The average molecular weight is 847 g/mol. The Morgan fingerprint density at radius 1 is 0.446 bits per heavy atom. The Labute approximate surface area is 384 Å². The van der Waals surface area contributed by atoms with Gasteiger partial charge in [-0.2, -0.15) is 0 Å². The van der Waals surface area contributed by atoms with Crippen LogP contribution in [0.3, 0.4) is 0 Å². The second-order valence-corrected chi connectivity index (χ2v) is 20.3. The smallest absolute Gasteiger partial charge is 0.264 e. The number of rotatable bonds is 3. The van der Waals surface area contributed by atoms with Crippen molar-refractivity contribution in [3.05, 3.63) is 234 Å². The fraction of sp³-hybridized carbons (Fsp3) is 0.0820. The molecule has 10 aromatic rings. The predicted octanol–water partition coefficient (Wildman–Crippen LogP) is 14.3. The first-order valence-corrected chi connectivity index (χ1v) is 23.7. The lowest BCUT2D eigenvalue weighted by Gasteiger charge is -2.44. The Kier molecular flexibility index (Phi) is 7.59. The van der Waals surface area contributed by atoms with E-state index in [9.17, 15) is 0 Å². The van der Waals surface area contributed by atoms with Gasteiger partial charge in [-0.05, 0) is 132 Å². The van der Waals surface area contributed by atoms with Crippen LogP contribution in [0.4, 0.5) is 34.1 Å². The maximum absolute atomic E-state index is 2.62. The minimum Gasteiger partial charge on any atom is -0.311 e. The first kappa shape index (κ1) is 37.0. The minimum absolute atomic E-state index is 0.0187. The summed E-state index contributed by atoms with van der Waals surface area (Å²) in [6, 6.07) is 77.9. The molecular weight excluding hydrogens is 804 g/mol. The van der Waals surface area contributed by atoms with E-state index in [1.807, 2.05) is 11.3 Å². The number of nitrogens with zero attached hydrogens (tertiary/aromatic N) is 2. The molecule has 2 aliphatic carbocycles. The van der Waals surface area contributed by atoms with E-state index in [2.05, 4.69) is 237 Å². The van der Waals surface area contributed by atoms with Crippen LogP contribution < -0.4 is 25.5 Å². The van der Waals surface area contributed by atoms with E-state index in [1.165, 1.54) is 115 Å². The van der Waals surface area contributed by atoms with Crippen molar-refractivity contribution in [3.63, 3.8) is 0 Å². The summed E-state index contributed by atoms with van der Waals surface area (Å²) in [7, 11) is 0. The summed E-state index contributed by atoms with van der Waals surface area (Å²) < 4.78 is 2.71. The Morgan fingerprint density at radius 2 is 0.969 bits per heavy atom. The SMILES string of the molecule is CC(C)(C)c1cc2c3c(c1)N(c1ccccc1)c1c(sc4cc5c(cc14)-c1ccccc1C51c4ccccc4-c4ccccc41)B3c1ccc(-c3ccccc3)cc1N2c1ccccc1. The van der Waals surface area contributed by atoms with Gasteiger partial charge in [-0.3, -0.25) is 0 Å². The van der Waals surface area contributed by atoms with Gasteiger partial charge in [-0.25, -0.2) is 0 Å². The highest BCUT2D eigenvalue weighted by Crippen LogP contribution is 2.64. The second kappa shape index (κ2) is 13.3. The summed E-state index contributed by atoms with van der Waals surface area (Å²) >= 11 is 2.00. The molecule has 65 heavy (non-hydrogen) atoms. The average Bonchev–Trinajstić information content (AvgIpc) is 3.97. The Hall–Kier alpha value is -7.40. The van der Waals surface area contributed by atoms with Crippen molar-refractivity contribution < 1.29 is 0 Å². The van der Waals surface area contributed by atoms with Crippen molar-refractivity contribution in [2.75, 3.05) is 9.80 Å². The Bertz CT molecular complexity index is 3560. The second-order valence-electron chi connectivity index (χ2n) is 19.2. The van der Waals surface area contributed by atoms with Gasteiger partial charge in [0.05, 0.1) is 11.1 Å². The van der Waals surface area contributed by atoms with E-state index in [-0.39, 0.29) is 12.1 Å². The van der Waals surface area contributed by atoms with Gasteiger partial charge in [0, 0.05) is 43.3 Å². The lowest BCUT2D eigenvalue weighted by molar-refractivity contribution is 0.590. The molecule has 3 heterocycles. The Balaban J connectivity index is 1.11.